The van der Waals surface area contributed by atoms with E-state index in [0.717, 1.165) is 0 Å². The molecule has 0 spiro atoms. The molecule has 0 saturated carbocycles. The molecule has 64 heavy (non-hydrogen) atoms. The lowest BCUT2D eigenvalue weighted by Crippen LogP contribution is -2.55. The molecule has 0 bridgehead atoms. The quantitative estimate of drug-likeness (QED) is 0.0476. The number of ether oxygens (including phenoxy) is 2. The van der Waals surface area contributed by atoms with E-state index in [4.69, 9.17) is 9.47 Å². The summed E-state index contributed by atoms with van der Waals surface area (Å²) in [6.45, 7) is 3.41. The van der Waals surface area contributed by atoms with E-state index in [0.29, 0.717) is 16.9 Å². The highest BCUT2D eigenvalue weighted by Crippen LogP contribution is 2.21. The molecular formula is C43H53N9O12. The van der Waals surface area contributed by atoms with Crippen LogP contribution in [0.1, 0.15) is 49.2 Å². The van der Waals surface area contributed by atoms with Gasteiger partial charge < -0.3 is 57.3 Å². The molecular weight excluding hydrogens is 835 g/mol. The smallest absolute Gasteiger partial charge is 0.325 e. The molecule has 21 nitrogen and oxygen atoms in total. The Morgan fingerprint density at radius 3 is 1.72 bits per heavy atom. The summed E-state index contributed by atoms with van der Waals surface area (Å²) >= 11 is 0. The number of rotatable bonds is 24. The zero-order chi connectivity index (χ0) is 47.0. The van der Waals surface area contributed by atoms with Crippen LogP contribution in [0.15, 0.2) is 78.9 Å². The molecule has 0 unspecified atom stereocenters. The van der Waals surface area contributed by atoms with Crippen LogP contribution in [0.25, 0.3) is 0 Å². The zero-order valence-corrected chi connectivity index (χ0v) is 35.8. The minimum atomic E-state index is -1.25. The molecule has 3 rings (SSSR count). The highest BCUT2D eigenvalue weighted by atomic mass is 16.5. The van der Waals surface area contributed by atoms with Crippen LogP contribution in [-0.4, -0.2) is 117 Å². The average molecular weight is 888 g/mol. The van der Waals surface area contributed by atoms with Crippen LogP contribution >= 0.6 is 0 Å². The molecule has 0 aromatic heterocycles. The van der Waals surface area contributed by atoms with E-state index in [-0.39, 0.29) is 44.0 Å². The Bertz CT molecular complexity index is 2140. The number of esters is 1. The Labute approximate surface area is 368 Å². The first kappa shape index (κ1) is 50.5. The third kappa shape index (κ3) is 18.8. The number of carbonyl (C=O) groups is 10. The summed E-state index contributed by atoms with van der Waals surface area (Å²) in [7, 11) is 0. The van der Waals surface area contributed by atoms with Crippen molar-refractivity contribution in [1.82, 2.24) is 42.5 Å². The van der Waals surface area contributed by atoms with Crippen molar-refractivity contribution < 1.29 is 57.4 Å². The van der Waals surface area contributed by atoms with Crippen LogP contribution in [0.3, 0.4) is 0 Å². The molecule has 3 aromatic carbocycles. The molecule has 0 aliphatic carbocycles. The van der Waals surface area contributed by atoms with E-state index in [2.05, 4.69) is 47.9 Å². The van der Waals surface area contributed by atoms with Crippen LogP contribution in [0.4, 0.5) is 5.69 Å². The van der Waals surface area contributed by atoms with Gasteiger partial charge in [0.2, 0.25) is 47.3 Å². The zero-order valence-electron chi connectivity index (χ0n) is 35.8. The topological polar surface area (TPSA) is 297 Å². The number of hydrogen-bond donors (Lipinski definition) is 9. The van der Waals surface area contributed by atoms with Crippen molar-refractivity contribution in [2.24, 2.45) is 0 Å². The number of nitrogens with one attached hydrogen (secondary N) is 9. The van der Waals surface area contributed by atoms with E-state index < -0.39 is 96.9 Å². The van der Waals surface area contributed by atoms with Gasteiger partial charge in [-0.1, -0.05) is 54.6 Å². The van der Waals surface area contributed by atoms with Crippen molar-refractivity contribution in [3.63, 3.8) is 0 Å². The lowest BCUT2D eigenvalue weighted by Gasteiger charge is -2.23. The number of carbonyl (C=O) groups excluding carboxylic acids is 10. The standard InChI is InChI=1S/C43H53N9O12/c1-5-63-39(58)24-47-36(55)21-45-35(54)20-46-37(56)22-48-42(61)32-18-30(25-64-31-14-10-7-11-15-31)16-17-33(32)51-43(62)34(19-29-12-8-6-9-13-29)52-41(60)27(3)50-40(59)26(2)49-38(57)23-44-28(4)53/h6-18,26-27,34H,5,19-25H2,1-4H3,(H,44,53)(H,45,54)(H,46,56)(H,47,55)(H,48,61)(H,49,57)(H,50,59)(H,51,62)(H,52,60)/t26-,27-,34-/m0/s1. The summed E-state index contributed by atoms with van der Waals surface area (Å²) in [5.41, 5.74) is 1.10. The second-order valence-electron chi connectivity index (χ2n) is 14.0. The summed E-state index contributed by atoms with van der Waals surface area (Å²) in [4.78, 5) is 125. The minimum absolute atomic E-state index is 0.00414. The Morgan fingerprint density at radius 1 is 0.562 bits per heavy atom. The molecule has 0 saturated heterocycles. The average Bonchev–Trinajstić information content (AvgIpc) is 3.27. The first-order chi connectivity index (χ1) is 30.5. The van der Waals surface area contributed by atoms with Gasteiger partial charge in [-0.15, -0.1) is 0 Å². The maximum absolute atomic E-state index is 14.0. The maximum atomic E-state index is 14.0. The van der Waals surface area contributed by atoms with Gasteiger partial charge in [0, 0.05) is 13.3 Å². The maximum Gasteiger partial charge on any atom is 0.325 e. The predicted octanol–water partition coefficient (Wildman–Crippen LogP) is -1.28. The Hall–Kier alpha value is -7.84. The van der Waals surface area contributed by atoms with Crippen LogP contribution in [-0.2, 0) is 60.9 Å². The Morgan fingerprint density at radius 2 is 1.11 bits per heavy atom. The van der Waals surface area contributed by atoms with Gasteiger partial charge in [0.1, 0.15) is 37.0 Å². The van der Waals surface area contributed by atoms with E-state index in [1.165, 1.54) is 32.9 Å². The van der Waals surface area contributed by atoms with E-state index >= 15 is 0 Å². The lowest BCUT2D eigenvalue weighted by molar-refractivity contribution is -0.143. The lowest BCUT2D eigenvalue weighted by atomic mass is 10.0. The molecule has 342 valence electrons. The molecule has 0 radical (unpaired) electrons. The first-order valence-electron chi connectivity index (χ1n) is 20.1. The van der Waals surface area contributed by atoms with Gasteiger partial charge in [-0.2, -0.15) is 0 Å². The highest BCUT2D eigenvalue weighted by Gasteiger charge is 2.28. The van der Waals surface area contributed by atoms with Gasteiger partial charge in [0.05, 0.1) is 44.0 Å². The largest absolute Gasteiger partial charge is 0.489 e. The molecule has 3 aromatic rings. The van der Waals surface area contributed by atoms with Crippen LogP contribution in [0.5, 0.6) is 5.75 Å². The molecule has 21 heteroatoms. The van der Waals surface area contributed by atoms with Crippen molar-refractivity contribution in [1.29, 1.82) is 0 Å². The van der Waals surface area contributed by atoms with Crippen molar-refractivity contribution in [3.8, 4) is 5.75 Å². The second-order valence-corrected chi connectivity index (χ2v) is 14.0. The van der Waals surface area contributed by atoms with Crippen LogP contribution in [0, 0.1) is 0 Å². The number of anilines is 1. The van der Waals surface area contributed by atoms with E-state index in [1.807, 2.05) is 6.07 Å². The summed E-state index contributed by atoms with van der Waals surface area (Å²) in [5, 5.41) is 21.9. The van der Waals surface area contributed by atoms with Crippen molar-refractivity contribution in [3.05, 3.63) is 95.6 Å². The van der Waals surface area contributed by atoms with Crippen LogP contribution < -0.4 is 52.6 Å². The van der Waals surface area contributed by atoms with Crippen LogP contribution in [0.2, 0.25) is 0 Å². The molecule has 9 N–H and O–H groups in total. The molecule has 0 fully saturated rings. The van der Waals surface area contributed by atoms with Gasteiger partial charge in [-0.3, -0.25) is 47.9 Å². The molecule has 9 amide bonds. The van der Waals surface area contributed by atoms with Gasteiger partial charge in [0.15, 0.2) is 0 Å². The Balaban J connectivity index is 1.72. The number of para-hydroxylation sites is 1. The van der Waals surface area contributed by atoms with Crippen molar-refractivity contribution in [2.45, 2.75) is 58.8 Å². The minimum Gasteiger partial charge on any atom is -0.489 e. The van der Waals surface area contributed by atoms with Gasteiger partial charge in [-0.25, -0.2) is 0 Å². The first-order valence-corrected chi connectivity index (χ1v) is 20.1. The van der Waals surface area contributed by atoms with E-state index in [1.54, 1.807) is 67.6 Å². The molecule has 0 aliphatic heterocycles. The summed E-state index contributed by atoms with van der Waals surface area (Å²) < 4.78 is 10.5. The molecule has 0 aliphatic rings. The normalized spacial score (nSPS) is 11.8. The predicted molar refractivity (Wildman–Crippen MR) is 230 cm³/mol. The fraction of sp³-hybridized carbons (Fsp3) is 0.349. The monoisotopic (exact) mass is 887 g/mol. The number of hydrogen-bond acceptors (Lipinski definition) is 12. The second kappa shape index (κ2) is 26.5. The summed E-state index contributed by atoms with van der Waals surface area (Å²) in [6, 6.07) is 18.6. The number of benzene rings is 3. The third-order valence-electron chi connectivity index (χ3n) is 8.71. The summed E-state index contributed by atoms with van der Waals surface area (Å²) in [5.74, 6) is -6.31. The van der Waals surface area contributed by atoms with Crippen molar-refractivity contribution in [2.75, 3.05) is 44.6 Å². The van der Waals surface area contributed by atoms with Gasteiger partial charge >= 0.3 is 5.97 Å². The third-order valence-corrected chi connectivity index (χ3v) is 8.71. The highest BCUT2D eigenvalue weighted by molar-refractivity contribution is 6.06. The van der Waals surface area contributed by atoms with Crippen molar-refractivity contribution >= 4 is 64.8 Å². The van der Waals surface area contributed by atoms with Gasteiger partial charge in [0.25, 0.3) is 5.91 Å². The fourth-order valence-corrected chi connectivity index (χ4v) is 5.39. The summed E-state index contributed by atoms with van der Waals surface area (Å²) in [6.07, 6.45) is -0.00870. The fourth-order valence-electron chi connectivity index (χ4n) is 5.39. The van der Waals surface area contributed by atoms with E-state index in [9.17, 15) is 47.9 Å². The van der Waals surface area contributed by atoms with Gasteiger partial charge in [-0.05, 0) is 56.2 Å². The number of amides is 9. The SMILES string of the molecule is CCOC(=O)CNC(=O)CNC(=O)CNC(=O)CNC(=O)c1cc(COc2ccccc2)ccc1NC(=O)[C@H](Cc1ccccc1)NC(=O)[C@H](C)NC(=O)[C@H](C)NC(=O)CNC(C)=O. The Kier molecular flexibility index (Phi) is 20.9. The molecule has 3 atom stereocenters. The molecule has 0 heterocycles.